The van der Waals surface area contributed by atoms with E-state index < -0.39 is 12.5 Å². The minimum Gasteiger partial charge on any atom is -0.493 e. The number of carbonyl (C=O) groups is 2. The number of benzene rings is 2. The molecule has 0 aromatic heterocycles. The predicted molar refractivity (Wildman–Crippen MR) is 113 cm³/mol. The maximum Gasteiger partial charge on any atom is 0.387 e. The van der Waals surface area contributed by atoms with Gasteiger partial charge in [-0.1, -0.05) is 32.0 Å². The van der Waals surface area contributed by atoms with Gasteiger partial charge in [-0.15, -0.1) is 0 Å². The Kier molecular flexibility index (Phi) is 7.09. The average molecular weight is 432 g/mol. The van der Waals surface area contributed by atoms with Gasteiger partial charge in [-0.25, -0.2) is 0 Å². The number of alkyl halides is 2. The number of amides is 2. The maximum atomic E-state index is 13.2. The van der Waals surface area contributed by atoms with Gasteiger partial charge in [-0.2, -0.15) is 8.78 Å². The van der Waals surface area contributed by atoms with Crippen molar-refractivity contribution < 1.29 is 27.8 Å². The summed E-state index contributed by atoms with van der Waals surface area (Å²) in [4.78, 5) is 27.9. The van der Waals surface area contributed by atoms with Gasteiger partial charge in [0.2, 0.25) is 0 Å². The second-order valence-corrected chi connectivity index (χ2v) is 7.87. The molecule has 1 aliphatic rings. The summed E-state index contributed by atoms with van der Waals surface area (Å²) in [5.74, 6) is -0.437. The zero-order chi connectivity index (χ0) is 22.5. The molecule has 0 radical (unpaired) electrons. The zero-order valence-corrected chi connectivity index (χ0v) is 17.7. The SMILES string of the molecule is COc1cccc(C(=O)Nc2ccccc2C(=O)N2CC(C)CC(C)C2)c1OC(F)F. The number of anilines is 1. The van der Waals surface area contributed by atoms with E-state index in [-0.39, 0.29) is 23.0 Å². The van der Waals surface area contributed by atoms with E-state index in [1.165, 1.54) is 25.3 Å². The van der Waals surface area contributed by atoms with Crippen LogP contribution in [0.5, 0.6) is 11.5 Å². The van der Waals surface area contributed by atoms with Crippen LogP contribution in [0.1, 0.15) is 41.0 Å². The number of hydrogen-bond acceptors (Lipinski definition) is 4. The van der Waals surface area contributed by atoms with Gasteiger partial charge in [0, 0.05) is 13.1 Å². The Hall–Kier alpha value is -3.16. The molecule has 1 saturated heterocycles. The van der Waals surface area contributed by atoms with Crippen LogP contribution >= 0.6 is 0 Å². The standard InChI is InChI=1S/C23H26F2N2O4/c1-14-11-15(2)13-27(12-14)22(29)16-7-4-5-9-18(16)26-21(28)17-8-6-10-19(30-3)20(17)31-23(24)25/h4-10,14-15,23H,11-13H2,1-3H3,(H,26,28). The molecule has 2 unspecified atom stereocenters. The number of piperidine rings is 1. The van der Waals surface area contributed by atoms with Crippen LogP contribution in [0.4, 0.5) is 14.5 Å². The van der Waals surface area contributed by atoms with Gasteiger partial charge in [-0.05, 0) is 42.5 Å². The molecule has 31 heavy (non-hydrogen) atoms. The first-order valence-electron chi connectivity index (χ1n) is 10.1. The summed E-state index contributed by atoms with van der Waals surface area (Å²) in [6.45, 7) is 2.38. The highest BCUT2D eigenvalue weighted by molar-refractivity contribution is 6.10. The zero-order valence-electron chi connectivity index (χ0n) is 17.7. The molecule has 1 heterocycles. The van der Waals surface area contributed by atoms with Gasteiger partial charge in [-0.3, -0.25) is 9.59 Å². The average Bonchev–Trinajstić information content (AvgIpc) is 2.72. The maximum absolute atomic E-state index is 13.2. The summed E-state index contributed by atoms with van der Waals surface area (Å²) in [5, 5.41) is 2.67. The first-order chi connectivity index (χ1) is 14.8. The number of likely N-dealkylation sites (tertiary alicyclic amines) is 1. The molecule has 8 heteroatoms. The molecule has 0 aliphatic carbocycles. The second kappa shape index (κ2) is 9.76. The quantitative estimate of drug-likeness (QED) is 0.721. The largest absolute Gasteiger partial charge is 0.493 e. The minimum atomic E-state index is -3.13. The van der Waals surface area contributed by atoms with E-state index in [4.69, 9.17) is 4.74 Å². The van der Waals surface area contributed by atoms with Gasteiger partial charge in [0.15, 0.2) is 11.5 Å². The van der Waals surface area contributed by atoms with E-state index in [0.29, 0.717) is 36.2 Å². The van der Waals surface area contributed by atoms with Crippen LogP contribution in [0.2, 0.25) is 0 Å². The Labute approximate surface area is 180 Å². The summed E-state index contributed by atoms with van der Waals surface area (Å²) in [5.41, 5.74) is 0.521. The van der Waals surface area contributed by atoms with Crippen LogP contribution in [0, 0.1) is 11.8 Å². The van der Waals surface area contributed by atoms with Crippen LogP contribution in [-0.2, 0) is 0 Å². The molecule has 1 N–H and O–H groups in total. The van der Waals surface area contributed by atoms with Crippen molar-refractivity contribution in [3.05, 3.63) is 53.6 Å². The number of ether oxygens (including phenoxy) is 2. The van der Waals surface area contributed by atoms with E-state index in [1.54, 1.807) is 29.2 Å². The number of carbonyl (C=O) groups excluding carboxylic acids is 2. The van der Waals surface area contributed by atoms with Gasteiger partial charge in [0.05, 0.1) is 23.9 Å². The Bertz CT molecular complexity index is 941. The molecule has 2 atom stereocenters. The molecule has 2 aromatic carbocycles. The normalized spacial score (nSPS) is 18.6. The number of methoxy groups -OCH3 is 1. The van der Waals surface area contributed by atoms with Crippen LogP contribution < -0.4 is 14.8 Å². The summed E-state index contributed by atoms with van der Waals surface area (Å²) in [7, 11) is 1.30. The van der Waals surface area contributed by atoms with Gasteiger partial charge < -0.3 is 19.7 Å². The molecule has 0 saturated carbocycles. The molecule has 1 fully saturated rings. The minimum absolute atomic E-state index is 0.00797. The van der Waals surface area contributed by atoms with Crippen LogP contribution in [0.3, 0.4) is 0 Å². The van der Waals surface area contributed by atoms with Crippen molar-refractivity contribution in [3.8, 4) is 11.5 Å². The fourth-order valence-corrected chi connectivity index (χ4v) is 4.03. The van der Waals surface area contributed by atoms with E-state index in [1.807, 2.05) is 0 Å². The topological polar surface area (TPSA) is 67.9 Å². The van der Waals surface area contributed by atoms with Crippen molar-refractivity contribution in [2.45, 2.75) is 26.9 Å². The number of nitrogens with one attached hydrogen (secondary N) is 1. The number of para-hydroxylation sites is 2. The van der Waals surface area contributed by atoms with Crippen LogP contribution in [-0.4, -0.2) is 43.5 Å². The number of hydrogen-bond donors (Lipinski definition) is 1. The van der Waals surface area contributed by atoms with Crippen molar-refractivity contribution in [2.24, 2.45) is 11.8 Å². The first-order valence-corrected chi connectivity index (χ1v) is 10.1. The van der Waals surface area contributed by atoms with Crippen LogP contribution in [0.25, 0.3) is 0 Å². The lowest BCUT2D eigenvalue weighted by atomic mass is 9.91. The molecule has 3 rings (SSSR count). The third-order valence-electron chi connectivity index (χ3n) is 5.21. The molecule has 2 aromatic rings. The lowest BCUT2D eigenvalue weighted by Gasteiger charge is -2.35. The van der Waals surface area contributed by atoms with E-state index in [2.05, 4.69) is 23.9 Å². The molecule has 0 spiro atoms. The third kappa shape index (κ3) is 5.31. The molecular formula is C23H26F2N2O4. The Morgan fingerprint density at radius 1 is 1.03 bits per heavy atom. The molecular weight excluding hydrogens is 406 g/mol. The monoisotopic (exact) mass is 432 g/mol. The lowest BCUT2D eigenvalue weighted by Crippen LogP contribution is -2.42. The summed E-state index contributed by atoms with van der Waals surface area (Å²) < 4.78 is 35.4. The second-order valence-electron chi connectivity index (χ2n) is 7.87. The first kappa shape index (κ1) is 22.5. The summed E-state index contributed by atoms with van der Waals surface area (Å²) in [6, 6.07) is 10.9. The van der Waals surface area contributed by atoms with Crippen molar-refractivity contribution in [2.75, 3.05) is 25.5 Å². The molecule has 166 valence electrons. The number of nitrogens with zero attached hydrogens (tertiary/aromatic N) is 1. The van der Waals surface area contributed by atoms with E-state index >= 15 is 0 Å². The highest BCUT2D eigenvalue weighted by Gasteiger charge is 2.28. The fraction of sp³-hybridized carbons (Fsp3) is 0.391. The fourth-order valence-electron chi connectivity index (χ4n) is 4.03. The van der Waals surface area contributed by atoms with Crippen molar-refractivity contribution in [3.63, 3.8) is 0 Å². The predicted octanol–water partition coefficient (Wildman–Crippen LogP) is 4.67. The Morgan fingerprint density at radius 3 is 2.32 bits per heavy atom. The lowest BCUT2D eigenvalue weighted by molar-refractivity contribution is -0.0515. The van der Waals surface area contributed by atoms with Gasteiger partial charge in [0.1, 0.15) is 0 Å². The van der Waals surface area contributed by atoms with E-state index in [9.17, 15) is 18.4 Å². The van der Waals surface area contributed by atoms with Crippen molar-refractivity contribution in [1.29, 1.82) is 0 Å². The third-order valence-corrected chi connectivity index (χ3v) is 5.21. The highest BCUT2D eigenvalue weighted by Crippen LogP contribution is 2.33. The summed E-state index contributed by atoms with van der Waals surface area (Å²) in [6.07, 6.45) is 1.06. The van der Waals surface area contributed by atoms with Gasteiger partial charge >= 0.3 is 6.61 Å². The smallest absolute Gasteiger partial charge is 0.387 e. The Morgan fingerprint density at radius 2 is 1.68 bits per heavy atom. The van der Waals surface area contributed by atoms with Crippen molar-refractivity contribution in [1.82, 2.24) is 4.90 Å². The molecule has 6 nitrogen and oxygen atoms in total. The summed E-state index contributed by atoms with van der Waals surface area (Å²) >= 11 is 0. The van der Waals surface area contributed by atoms with Gasteiger partial charge in [0.25, 0.3) is 11.8 Å². The van der Waals surface area contributed by atoms with Crippen molar-refractivity contribution >= 4 is 17.5 Å². The van der Waals surface area contributed by atoms with Crippen LogP contribution in [0.15, 0.2) is 42.5 Å². The molecule has 2 amide bonds. The molecule has 1 aliphatic heterocycles. The number of halogens is 2. The highest BCUT2D eigenvalue weighted by atomic mass is 19.3. The number of rotatable bonds is 6. The Balaban J connectivity index is 1.88. The molecule has 0 bridgehead atoms. The van der Waals surface area contributed by atoms with E-state index in [0.717, 1.165) is 6.42 Å².